The second kappa shape index (κ2) is 10.7. The standard InChI is InChI=1S/C25H38F2N4O2SSi/c1-24(2,3)34(32)30-22(19-9-11-25(26,27)12-10-19)23-29-20-8-7-18(16-28)15-21(20)31(23)17-33-13-14-35(4,5)6/h7-8,15,19,22,30H,9-14,17H2,1-6H3/t22-,34+/m0/s1. The number of rotatable bonds is 9. The highest BCUT2D eigenvalue weighted by Gasteiger charge is 2.40. The number of hydrogen-bond acceptors (Lipinski definition) is 4. The van der Waals surface area contributed by atoms with E-state index < -0.39 is 35.8 Å². The van der Waals surface area contributed by atoms with Gasteiger partial charge in [0, 0.05) is 27.5 Å². The van der Waals surface area contributed by atoms with Crippen LogP contribution in [0.3, 0.4) is 0 Å². The first-order valence-electron chi connectivity index (χ1n) is 12.2. The molecule has 0 bridgehead atoms. The normalized spacial score (nSPS) is 18.9. The summed E-state index contributed by atoms with van der Waals surface area (Å²) in [7, 11) is -2.71. The van der Waals surface area contributed by atoms with Gasteiger partial charge in [0.05, 0.1) is 44.4 Å². The highest BCUT2D eigenvalue weighted by Crippen LogP contribution is 2.42. The summed E-state index contributed by atoms with van der Waals surface area (Å²) >= 11 is 0. The molecule has 194 valence electrons. The Labute approximate surface area is 211 Å². The van der Waals surface area contributed by atoms with Gasteiger partial charge in [0.1, 0.15) is 12.6 Å². The van der Waals surface area contributed by atoms with Crippen LogP contribution in [0, 0.1) is 17.2 Å². The van der Waals surface area contributed by atoms with Gasteiger partial charge in [-0.3, -0.25) is 0 Å². The molecule has 1 aliphatic carbocycles. The number of fused-ring (bicyclic) bond motifs is 1. The summed E-state index contributed by atoms with van der Waals surface area (Å²) in [6, 6.07) is 7.98. The van der Waals surface area contributed by atoms with Crippen molar-refractivity contribution < 1.29 is 17.7 Å². The number of aromatic nitrogens is 2. The van der Waals surface area contributed by atoms with Gasteiger partial charge < -0.3 is 9.30 Å². The van der Waals surface area contributed by atoms with Crippen molar-refractivity contribution in [3.05, 3.63) is 29.6 Å². The van der Waals surface area contributed by atoms with Crippen LogP contribution in [-0.4, -0.2) is 39.1 Å². The third-order valence-electron chi connectivity index (χ3n) is 6.43. The first-order valence-corrected chi connectivity index (χ1v) is 17.1. The number of nitriles is 1. The van der Waals surface area contributed by atoms with E-state index >= 15 is 0 Å². The molecule has 3 rings (SSSR count). The second-order valence-corrected chi connectivity index (χ2v) is 19.4. The Morgan fingerprint density at radius 2 is 1.97 bits per heavy atom. The lowest BCUT2D eigenvalue weighted by Crippen LogP contribution is -2.41. The van der Waals surface area contributed by atoms with Crippen molar-refractivity contribution in [2.45, 2.75) is 95.6 Å². The van der Waals surface area contributed by atoms with Gasteiger partial charge in [-0.15, -0.1) is 0 Å². The van der Waals surface area contributed by atoms with Crippen LogP contribution in [0.5, 0.6) is 0 Å². The monoisotopic (exact) mass is 524 g/mol. The van der Waals surface area contributed by atoms with Crippen LogP contribution >= 0.6 is 0 Å². The number of halogens is 2. The van der Waals surface area contributed by atoms with Crippen molar-refractivity contribution in [2.75, 3.05) is 6.61 Å². The molecule has 6 nitrogen and oxygen atoms in total. The number of nitrogens with one attached hydrogen (secondary N) is 1. The molecule has 10 heteroatoms. The van der Waals surface area contributed by atoms with Gasteiger partial charge in [-0.25, -0.2) is 22.7 Å². The van der Waals surface area contributed by atoms with Crippen LogP contribution in [0.1, 0.15) is 63.9 Å². The van der Waals surface area contributed by atoms with Crippen molar-refractivity contribution >= 4 is 30.1 Å². The minimum Gasteiger partial charge on any atom is -0.361 e. The van der Waals surface area contributed by atoms with Crippen LogP contribution in [0.4, 0.5) is 8.78 Å². The molecule has 1 saturated carbocycles. The zero-order valence-corrected chi connectivity index (χ0v) is 23.5. The van der Waals surface area contributed by atoms with Crippen LogP contribution in [0.25, 0.3) is 11.0 Å². The van der Waals surface area contributed by atoms with E-state index in [1.54, 1.807) is 18.2 Å². The van der Waals surface area contributed by atoms with Crippen molar-refractivity contribution in [3.63, 3.8) is 0 Å². The molecule has 1 N–H and O–H groups in total. The summed E-state index contributed by atoms with van der Waals surface area (Å²) in [5.74, 6) is -2.18. The molecule has 1 fully saturated rings. The maximum absolute atomic E-state index is 14.0. The maximum Gasteiger partial charge on any atom is 0.248 e. The van der Waals surface area contributed by atoms with Gasteiger partial charge in [-0.2, -0.15) is 5.26 Å². The molecule has 35 heavy (non-hydrogen) atoms. The second-order valence-electron chi connectivity index (χ2n) is 11.7. The van der Waals surface area contributed by atoms with E-state index in [1.807, 2.05) is 25.3 Å². The Morgan fingerprint density at radius 3 is 2.54 bits per heavy atom. The fraction of sp³-hybridized carbons (Fsp3) is 0.680. The molecule has 0 spiro atoms. The van der Waals surface area contributed by atoms with E-state index in [0.717, 1.165) is 11.6 Å². The zero-order valence-electron chi connectivity index (χ0n) is 21.7. The van der Waals surface area contributed by atoms with Gasteiger partial charge in [-0.05, 0) is 63.8 Å². The van der Waals surface area contributed by atoms with Crippen molar-refractivity contribution in [2.24, 2.45) is 5.92 Å². The van der Waals surface area contributed by atoms with E-state index in [1.165, 1.54) is 0 Å². The summed E-state index contributed by atoms with van der Waals surface area (Å²) in [6.07, 6.45) is 0.247. The van der Waals surface area contributed by atoms with Gasteiger partial charge in [-0.1, -0.05) is 19.6 Å². The van der Waals surface area contributed by atoms with Crippen LogP contribution in [0.2, 0.25) is 25.7 Å². The highest BCUT2D eigenvalue weighted by atomic mass is 32.2. The molecular weight excluding hydrogens is 486 g/mol. The number of hydrogen-bond donors (Lipinski definition) is 1. The largest absolute Gasteiger partial charge is 0.361 e. The summed E-state index contributed by atoms with van der Waals surface area (Å²) < 4.78 is 51.8. The first-order chi connectivity index (χ1) is 16.2. The number of imidazole rings is 1. The Balaban J connectivity index is 2.02. The fourth-order valence-corrected chi connectivity index (χ4v) is 5.80. The highest BCUT2D eigenvalue weighted by molar-refractivity contribution is 7.84. The Kier molecular flexibility index (Phi) is 8.57. The predicted octanol–water partition coefficient (Wildman–Crippen LogP) is 6.14. The number of benzene rings is 1. The topological polar surface area (TPSA) is 79.9 Å². The fourth-order valence-electron chi connectivity index (χ4n) is 4.17. The molecule has 0 amide bonds. The molecule has 0 saturated heterocycles. The number of nitrogens with zero attached hydrogens (tertiary/aromatic N) is 3. The van der Waals surface area contributed by atoms with E-state index in [2.05, 4.69) is 30.4 Å². The Morgan fingerprint density at radius 1 is 1.31 bits per heavy atom. The molecular formula is C25H38F2N4O2SSi. The lowest BCUT2D eigenvalue weighted by molar-refractivity contribution is -0.0495. The summed E-state index contributed by atoms with van der Waals surface area (Å²) in [5, 5.41) is 9.44. The maximum atomic E-state index is 14.0. The van der Waals surface area contributed by atoms with E-state index in [9.17, 15) is 18.3 Å². The minimum absolute atomic E-state index is 0.145. The SMILES string of the molecule is CC(C)(C)[S@@](=O)N[C@H](c1nc2ccc(C#N)cc2n1COCC[Si](C)(C)C)C1CCC(F)(F)CC1. The van der Waals surface area contributed by atoms with Gasteiger partial charge in [0.15, 0.2) is 0 Å². The van der Waals surface area contributed by atoms with Crippen molar-refractivity contribution in [1.29, 1.82) is 5.26 Å². The van der Waals surface area contributed by atoms with Crippen LogP contribution < -0.4 is 4.72 Å². The van der Waals surface area contributed by atoms with Gasteiger partial charge >= 0.3 is 0 Å². The molecule has 0 radical (unpaired) electrons. The molecule has 1 aromatic heterocycles. The Bertz CT molecular complexity index is 1090. The molecule has 2 aromatic rings. The summed E-state index contributed by atoms with van der Waals surface area (Å²) in [4.78, 5) is 4.86. The predicted molar refractivity (Wildman–Crippen MR) is 139 cm³/mol. The molecule has 0 aliphatic heterocycles. The zero-order chi connectivity index (χ0) is 26.0. The minimum atomic E-state index is -2.66. The molecule has 1 aliphatic rings. The number of ether oxygens (including phenoxy) is 1. The molecule has 1 aromatic carbocycles. The lowest BCUT2D eigenvalue weighted by atomic mass is 9.82. The van der Waals surface area contributed by atoms with E-state index in [0.29, 0.717) is 36.4 Å². The summed E-state index contributed by atoms with van der Waals surface area (Å²) in [5.41, 5.74) is 1.95. The number of alkyl halides is 2. The van der Waals surface area contributed by atoms with Gasteiger partial charge in [0.25, 0.3) is 0 Å². The lowest BCUT2D eigenvalue weighted by Gasteiger charge is -2.35. The third-order valence-corrected chi connectivity index (χ3v) is 9.71. The molecule has 2 atom stereocenters. The summed E-state index contributed by atoms with van der Waals surface area (Å²) in [6.45, 7) is 13.3. The average Bonchev–Trinajstić information content (AvgIpc) is 3.11. The molecule has 1 heterocycles. The quantitative estimate of drug-likeness (QED) is 0.316. The van der Waals surface area contributed by atoms with Crippen molar-refractivity contribution in [1.82, 2.24) is 14.3 Å². The molecule has 0 unspecified atom stereocenters. The Hall–Kier alpha value is -1.67. The van der Waals surface area contributed by atoms with Crippen LogP contribution in [0.15, 0.2) is 18.2 Å². The third kappa shape index (κ3) is 7.41. The smallest absolute Gasteiger partial charge is 0.248 e. The van der Waals surface area contributed by atoms with Crippen molar-refractivity contribution in [3.8, 4) is 6.07 Å². The van der Waals surface area contributed by atoms with Gasteiger partial charge in [0.2, 0.25) is 5.92 Å². The average molecular weight is 525 g/mol. The van der Waals surface area contributed by atoms with Crippen LogP contribution in [-0.2, 0) is 22.5 Å². The van der Waals surface area contributed by atoms with E-state index in [-0.39, 0.29) is 25.5 Å². The first kappa shape index (κ1) is 27.9. The van der Waals surface area contributed by atoms with E-state index in [4.69, 9.17) is 9.72 Å².